The molecule has 1 aliphatic rings. The average molecular weight is 381 g/mol. The van der Waals surface area contributed by atoms with Crippen LogP contribution in [0.5, 0.6) is 0 Å². The van der Waals surface area contributed by atoms with Gasteiger partial charge in [-0.3, -0.25) is 4.99 Å². The van der Waals surface area contributed by atoms with Crippen LogP contribution in [0.2, 0.25) is 0 Å². The number of hydrogen-bond acceptors (Lipinski definition) is 3. The molecule has 5 nitrogen and oxygen atoms in total. The van der Waals surface area contributed by atoms with E-state index in [4.69, 9.17) is 5.73 Å². The van der Waals surface area contributed by atoms with Crippen LogP contribution >= 0.6 is 24.0 Å². The smallest absolute Gasteiger partial charge is 0.188 e. The first-order valence-electron chi connectivity index (χ1n) is 6.67. The van der Waals surface area contributed by atoms with Crippen LogP contribution in [0, 0.1) is 0 Å². The summed E-state index contributed by atoms with van der Waals surface area (Å²) in [5, 5.41) is 2.98. The van der Waals surface area contributed by atoms with Crippen LogP contribution in [-0.2, 0) is 0 Å². The van der Waals surface area contributed by atoms with Crippen molar-refractivity contribution in [2.24, 2.45) is 10.7 Å². The third-order valence-electron chi connectivity index (χ3n) is 3.41. The highest BCUT2D eigenvalue weighted by Gasteiger charge is 2.19. The lowest BCUT2D eigenvalue weighted by molar-refractivity contribution is 0.148. The zero-order valence-corrected chi connectivity index (χ0v) is 14.5. The number of nitrogens with two attached hydrogens (primary N) is 1. The first-order valence-corrected chi connectivity index (χ1v) is 6.67. The highest BCUT2D eigenvalue weighted by Crippen LogP contribution is 2.13. The zero-order chi connectivity index (χ0) is 13.4. The third kappa shape index (κ3) is 7.74. The highest BCUT2D eigenvalue weighted by molar-refractivity contribution is 14.0. The lowest BCUT2D eigenvalue weighted by Crippen LogP contribution is -2.43. The summed E-state index contributed by atoms with van der Waals surface area (Å²) in [6.45, 7) is 8.39. The van der Waals surface area contributed by atoms with Crippen LogP contribution in [0.25, 0.3) is 0 Å². The van der Waals surface area contributed by atoms with Crippen LogP contribution in [0.15, 0.2) is 17.6 Å². The molecule has 0 aromatic carbocycles. The maximum absolute atomic E-state index is 5.70. The van der Waals surface area contributed by atoms with Gasteiger partial charge in [0, 0.05) is 19.1 Å². The molecule has 19 heavy (non-hydrogen) atoms. The van der Waals surface area contributed by atoms with Gasteiger partial charge >= 0.3 is 0 Å². The molecule has 0 aromatic rings. The van der Waals surface area contributed by atoms with E-state index in [0.717, 1.165) is 19.1 Å². The van der Waals surface area contributed by atoms with E-state index in [1.165, 1.54) is 25.9 Å². The average Bonchev–Trinajstić information content (AvgIpc) is 2.37. The molecule has 1 fully saturated rings. The fraction of sp³-hybridized carbons (Fsp3) is 0.769. The Balaban J connectivity index is 0.00000324. The van der Waals surface area contributed by atoms with Gasteiger partial charge in [0.25, 0.3) is 0 Å². The quantitative estimate of drug-likeness (QED) is 0.308. The summed E-state index contributed by atoms with van der Waals surface area (Å²) < 4.78 is 0. The van der Waals surface area contributed by atoms with Crippen molar-refractivity contribution >= 4 is 29.9 Å². The normalized spacial score (nSPS) is 18.2. The Bertz CT molecular complexity index is 272. The SMILES string of the molecule is C=CCNC(N)=NCCN1CCC(N(C)C)CC1.I. The van der Waals surface area contributed by atoms with E-state index >= 15 is 0 Å². The van der Waals surface area contributed by atoms with Gasteiger partial charge in [-0.1, -0.05) is 6.08 Å². The fourth-order valence-corrected chi connectivity index (χ4v) is 2.20. The van der Waals surface area contributed by atoms with E-state index in [1.807, 2.05) is 0 Å². The number of piperidine rings is 1. The molecule has 1 aliphatic heterocycles. The molecule has 1 saturated heterocycles. The van der Waals surface area contributed by atoms with Crippen molar-refractivity contribution in [3.05, 3.63) is 12.7 Å². The Morgan fingerprint density at radius 1 is 1.47 bits per heavy atom. The van der Waals surface area contributed by atoms with E-state index in [1.54, 1.807) is 6.08 Å². The van der Waals surface area contributed by atoms with Crippen LogP contribution in [0.4, 0.5) is 0 Å². The highest BCUT2D eigenvalue weighted by atomic mass is 127. The molecule has 0 amide bonds. The zero-order valence-electron chi connectivity index (χ0n) is 12.1. The summed E-state index contributed by atoms with van der Waals surface area (Å²) in [4.78, 5) is 9.08. The number of nitrogens with one attached hydrogen (secondary N) is 1. The van der Waals surface area contributed by atoms with Crippen LogP contribution in [-0.4, -0.2) is 68.6 Å². The Morgan fingerprint density at radius 3 is 2.63 bits per heavy atom. The Labute approximate surface area is 134 Å². The predicted molar refractivity (Wildman–Crippen MR) is 93.3 cm³/mol. The number of hydrogen-bond donors (Lipinski definition) is 2. The van der Waals surface area contributed by atoms with E-state index < -0.39 is 0 Å². The van der Waals surface area contributed by atoms with E-state index in [9.17, 15) is 0 Å². The lowest BCUT2D eigenvalue weighted by Gasteiger charge is -2.34. The van der Waals surface area contributed by atoms with Crippen molar-refractivity contribution in [1.29, 1.82) is 0 Å². The van der Waals surface area contributed by atoms with E-state index in [2.05, 4.69) is 40.8 Å². The second kappa shape index (κ2) is 10.4. The molecule has 6 heteroatoms. The van der Waals surface area contributed by atoms with Gasteiger partial charge in [0.2, 0.25) is 0 Å². The summed E-state index contributed by atoms with van der Waals surface area (Å²) in [7, 11) is 4.33. The molecule has 0 spiro atoms. The van der Waals surface area contributed by atoms with Gasteiger partial charge in [0.15, 0.2) is 5.96 Å². The topological polar surface area (TPSA) is 56.9 Å². The summed E-state index contributed by atoms with van der Waals surface area (Å²) in [5.74, 6) is 0.512. The molecule has 0 atom stereocenters. The standard InChI is InChI=1S/C13H27N5.HI/c1-4-7-15-13(14)16-8-11-18-9-5-12(6-10-18)17(2)3;/h4,12H,1,5-11H2,2-3H3,(H3,14,15,16);1H. The van der Waals surface area contributed by atoms with Crippen molar-refractivity contribution in [3.63, 3.8) is 0 Å². The molecule has 112 valence electrons. The molecule has 0 aliphatic carbocycles. The summed E-state index contributed by atoms with van der Waals surface area (Å²) in [5.41, 5.74) is 5.70. The fourth-order valence-electron chi connectivity index (χ4n) is 2.20. The van der Waals surface area contributed by atoms with Crippen molar-refractivity contribution in [2.45, 2.75) is 18.9 Å². The van der Waals surface area contributed by atoms with Gasteiger partial charge in [0.1, 0.15) is 0 Å². The number of halogens is 1. The number of likely N-dealkylation sites (tertiary alicyclic amines) is 1. The molecule has 0 unspecified atom stereocenters. The Morgan fingerprint density at radius 2 is 2.11 bits per heavy atom. The molecule has 0 bridgehead atoms. The van der Waals surface area contributed by atoms with Crippen LogP contribution in [0.1, 0.15) is 12.8 Å². The second-order valence-electron chi connectivity index (χ2n) is 4.97. The Hall–Kier alpha value is -0.340. The number of guanidine groups is 1. The maximum atomic E-state index is 5.70. The van der Waals surface area contributed by atoms with Gasteiger partial charge in [-0.05, 0) is 40.0 Å². The maximum Gasteiger partial charge on any atom is 0.188 e. The third-order valence-corrected chi connectivity index (χ3v) is 3.41. The monoisotopic (exact) mass is 381 g/mol. The minimum absolute atomic E-state index is 0. The van der Waals surface area contributed by atoms with Crippen molar-refractivity contribution in [3.8, 4) is 0 Å². The molecule has 3 N–H and O–H groups in total. The van der Waals surface area contributed by atoms with Gasteiger partial charge in [-0.25, -0.2) is 0 Å². The number of aliphatic imine (C=N–C) groups is 1. The summed E-state index contributed by atoms with van der Waals surface area (Å²) in [6.07, 6.45) is 4.27. The first kappa shape index (κ1) is 18.7. The molecule has 1 rings (SSSR count). The second-order valence-corrected chi connectivity index (χ2v) is 4.97. The lowest BCUT2D eigenvalue weighted by atomic mass is 10.0. The number of rotatable bonds is 6. The summed E-state index contributed by atoms with van der Waals surface area (Å²) in [6, 6.07) is 0.740. The van der Waals surface area contributed by atoms with Crippen LogP contribution < -0.4 is 11.1 Å². The summed E-state index contributed by atoms with van der Waals surface area (Å²) >= 11 is 0. The molecule has 0 radical (unpaired) electrons. The molecule has 1 heterocycles. The minimum Gasteiger partial charge on any atom is -0.370 e. The number of nitrogens with zero attached hydrogens (tertiary/aromatic N) is 3. The Kier molecular flexibility index (Phi) is 10.3. The van der Waals surface area contributed by atoms with Crippen molar-refractivity contribution < 1.29 is 0 Å². The molecular weight excluding hydrogens is 353 g/mol. The molecule has 0 saturated carbocycles. The predicted octanol–water partition coefficient (Wildman–Crippen LogP) is 0.721. The van der Waals surface area contributed by atoms with Crippen molar-refractivity contribution in [2.75, 3.05) is 46.8 Å². The van der Waals surface area contributed by atoms with E-state index in [-0.39, 0.29) is 24.0 Å². The van der Waals surface area contributed by atoms with Crippen molar-refractivity contribution in [1.82, 2.24) is 15.1 Å². The first-order chi connectivity index (χ1) is 8.63. The minimum atomic E-state index is 0. The van der Waals surface area contributed by atoms with Gasteiger partial charge in [-0.2, -0.15) is 0 Å². The van der Waals surface area contributed by atoms with Gasteiger partial charge in [0.05, 0.1) is 6.54 Å². The largest absolute Gasteiger partial charge is 0.370 e. The van der Waals surface area contributed by atoms with Gasteiger partial charge < -0.3 is 20.9 Å². The molecular formula is C13H28IN5. The molecule has 0 aromatic heterocycles. The van der Waals surface area contributed by atoms with Crippen LogP contribution in [0.3, 0.4) is 0 Å². The van der Waals surface area contributed by atoms with Gasteiger partial charge in [-0.15, -0.1) is 30.6 Å². The van der Waals surface area contributed by atoms with E-state index in [0.29, 0.717) is 12.5 Å².